The van der Waals surface area contributed by atoms with Crippen LogP contribution in [0.15, 0.2) is 53.7 Å². The standard InChI is InChI=1S/C12H15N3S/c13-9-10(12-6-4-8-16-12)11-5-2-1-3-7-15(11)14/h1-8,10H,9,13-14H2. The number of thiophene rings is 1. The van der Waals surface area contributed by atoms with Crippen molar-refractivity contribution in [1.82, 2.24) is 5.01 Å². The molecule has 84 valence electrons. The van der Waals surface area contributed by atoms with E-state index < -0.39 is 0 Å². The van der Waals surface area contributed by atoms with Crippen LogP contribution < -0.4 is 11.6 Å². The van der Waals surface area contributed by atoms with Gasteiger partial charge in [-0.1, -0.05) is 18.2 Å². The zero-order valence-corrected chi connectivity index (χ0v) is 9.73. The number of rotatable bonds is 3. The lowest BCUT2D eigenvalue weighted by Crippen LogP contribution is -2.30. The monoisotopic (exact) mass is 233 g/mol. The Morgan fingerprint density at radius 2 is 2.19 bits per heavy atom. The van der Waals surface area contributed by atoms with E-state index >= 15 is 0 Å². The molecule has 0 saturated heterocycles. The predicted molar refractivity (Wildman–Crippen MR) is 68.5 cm³/mol. The lowest BCUT2D eigenvalue weighted by atomic mass is 10.0. The third kappa shape index (κ3) is 2.24. The van der Waals surface area contributed by atoms with Gasteiger partial charge < -0.3 is 5.73 Å². The molecule has 1 aliphatic heterocycles. The maximum Gasteiger partial charge on any atom is 0.0474 e. The minimum atomic E-state index is 0.164. The van der Waals surface area contributed by atoms with Crippen molar-refractivity contribution in [1.29, 1.82) is 0 Å². The van der Waals surface area contributed by atoms with Gasteiger partial charge in [-0.05, 0) is 23.6 Å². The average Bonchev–Trinajstić information content (AvgIpc) is 2.72. The summed E-state index contributed by atoms with van der Waals surface area (Å²) in [7, 11) is 0. The molecule has 1 aromatic heterocycles. The summed E-state index contributed by atoms with van der Waals surface area (Å²) >= 11 is 1.71. The summed E-state index contributed by atoms with van der Waals surface area (Å²) in [4.78, 5) is 1.24. The molecule has 3 nitrogen and oxygen atoms in total. The third-order valence-electron chi connectivity index (χ3n) is 2.51. The van der Waals surface area contributed by atoms with Crippen molar-refractivity contribution < 1.29 is 0 Å². The number of nitrogens with zero attached hydrogens (tertiary/aromatic N) is 1. The maximum atomic E-state index is 5.95. The molecule has 2 rings (SSSR count). The van der Waals surface area contributed by atoms with Gasteiger partial charge in [-0.15, -0.1) is 11.3 Å². The van der Waals surface area contributed by atoms with Gasteiger partial charge in [-0.25, -0.2) is 5.84 Å². The first-order valence-electron chi connectivity index (χ1n) is 5.15. The number of hydrazine groups is 1. The quantitative estimate of drug-likeness (QED) is 0.784. The first-order chi connectivity index (χ1) is 7.83. The second-order valence-electron chi connectivity index (χ2n) is 3.53. The van der Waals surface area contributed by atoms with Crippen molar-refractivity contribution in [2.75, 3.05) is 6.54 Å². The molecule has 0 radical (unpaired) electrons. The smallest absolute Gasteiger partial charge is 0.0474 e. The first kappa shape index (κ1) is 11.1. The average molecular weight is 233 g/mol. The second kappa shape index (κ2) is 5.12. The predicted octanol–water partition coefficient (Wildman–Crippen LogP) is 1.93. The second-order valence-corrected chi connectivity index (χ2v) is 4.51. The number of allylic oxidation sites excluding steroid dienone is 4. The van der Waals surface area contributed by atoms with E-state index in [1.807, 2.05) is 36.6 Å². The summed E-state index contributed by atoms with van der Waals surface area (Å²) in [5.74, 6) is 6.11. The van der Waals surface area contributed by atoms with Gasteiger partial charge in [0.05, 0.1) is 0 Å². The molecule has 0 aromatic carbocycles. The Labute approximate surface area is 99.3 Å². The molecule has 0 spiro atoms. The molecule has 0 saturated carbocycles. The van der Waals surface area contributed by atoms with E-state index in [0.717, 1.165) is 5.70 Å². The molecule has 0 fully saturated rings. The van der Waals surface area contributed by atoms with Gasteiger partial charge >= 0.3 is 0 Å². The normalized spacial score (nSPS) is 17.1. The van der Waals surface area contributed by atoms with E-state index in [1.165, 1.54) is 4.88 Å². The Morgan fingerprint density at radius 1 is 1.31 bits per heavy atom. The van der Waals surface area contributed by atoms with E-state index in [0.29, 0.717) is 6.54 Å². The Kier molecular flexibility index (Phi) is 3.56. The van der Waals surface area contributed by atoms with Crippen LogP contribution >= 0.6 is 11.3 Å². The molecule has 2 heterocycles. The fraction of sp³-hybridized carbons (Fsp3) is 0.167. The highest BCUT2D eigenvalue weighted by Gasteiger charge is 2.19. The largest absolute Gasteiger partial charge is 0.329 e. The SMILES string of the molecule is NCC(C1=CC=CC=CN1N)c1cccs1. The lowest BCUT2D eigenvalue weighted by Gasteiger charge is -2.24. The molecular formula is C12H15N3S. The number of hydrogen-bond donors (Lipinski definition) is 2. The highest BCUT2D eigenvalue weighted by Crippen LogP contribution is 2.29. The third-order valence-corrected chi connectivity index (χ3v) is 3.50. The van der Waals surface area contributed by atoms with Crippen LogP contribution in [0.25, 0.3) is 0 Å². The van der Waals surface area contributed by atoms with Gasteiger partial charge in [-0.3, -0.25) is 5.01 Å². The zero-order chi connectivity index (χ0) is 11.4. The van der Waals surface area contributed by atoms with Crippen molar-refractivity contribution >= 4 is 11.3 Å². The fourth-order valence-corrected chi connectivity index (χ4v) is 2.55. The Morgan fingerprint density at radius 3 is 2.88 bits per heavy atom. The molecule has 4 heteroatoms. The number of hydrogen-bond acceptors (Lipinski definition) is 4. The van der Waals surface area contributed by atoms with Gasteiger partial charge in [0.1, 0.15) is 0 Å². The Bertz CT molecular complexity index is 417. The molecule has 1 aromatic rings. The van der Waals surface area contributed by atoms with Crippen LogP contribution in [0, 0.1) is 0 Å². The van der Waals surface area contributed by atoms with Crippen LogP contribution in [0.4, 0.5) is 0 Å². The van der Waals surface area contributed by atoms with Crippen LogP contribution in [-0.2, 0) is 0 Å². The van der Waals surface area contributed by atoms with Crippen molar-refractivity contribution in [3.63, 3.8) is 0 Å². The van der Waals surface area contributed by atoms with Gasteiger partial charge in [-0.2, -0.15) is 0 Å². The highest BCUT2D eigenvalue weighted by molar-refractivity contribution is 7.10. The van der Waals surface area contributed by atoms with Crippen LogP contribution in [0.5, 0.6) is 0 Å². The minimum Gasteiger partial charge on any atom is -0.329 e. The number of nitrogens with two attached hydrogens (primary N) is 2. The summed E-state index contributed by atoms with van der Waals surface area (Å²) in [5.41, 5.74) is 6.87. The topological polar surface area (TPSA) is 55.3 Å². The lowest BCUT2D eigenvalue weighted by molar-refractivity contribution is 0.452. The molecule has 0 aliphatic carbocycles. The zero-order valence-electron chi connectivity index (χ0n) is 8.91. The fourth-order valence-electron chi connectivity index (χ4n) is 1.70. The summed E-state index contributed by atoms with van der Waals surface area (Å²) < 4.78 is 0. The van der Waals surface area contributed by atoms with Crippen LogP contribution in [0.3, 0.4) is 0 Å². The highest BCUT2D eigenvalue weighted by atomic mass is 32.1. The van der Waals surface area contributed by atoms with E-state index in [2.05, 4.69) is 11.4 Å². The van der Waals surface area contributed by atoms with E-state index in [9.17, 15) is 0 Å². The van der Waals surface area contributed by atoms with Crippen molar-refractivity contribution in [2.45, 2.75) is 5.92 Å². The molecular weight excluding hydrogens is 218 g/mol. The van der Waals surface area contributed by atoms with E-state index in [1.54, 1.807) is 16.3 Å². The molecule has 1 aliphatic rings. The van der Waals surface area contributed by atoms with Crippen LogP contribution in [-0.4, -0.2) is 11.6 Å². The summed E-state index contributed by atoms with van der Waals surface area (Å²) in [6.07, 6.45) is 9.69. The molecule has 1 atom stereocenters. The van der Waals surface area contributed by atoms with Crippen molar-refractivity contribution in [3.8, 4) is 0 Å². The Balaban J connectivity index is 2.31. The van der Waals surface area contributed by atoms with Crippen molar-refractivity contribution in [3.05, 3.63) is 58.6 Å². The maximum absolute atomic E-state index is 5.95. The summed E-state index contributed by atoms with van der Waals surface area (Å²) in [5, 5.41) is 3.69. The molecule has 0 amide bonds. The molecule has 16 heavy (non-hydrogen) atoms. The van der Waals surface area contributed by atoms with Crippen LogP contribution in [0.1, 0.15) is 10.8 Å². The van der Waals surface area contributed by atoms with E-state index in [4.69, 9.17) is 11.6 Å². The summed E-state index contributed by atoms with van der Waals surface area (Å²) in [6, 6.07) is 4.13. The summed E-state index contributed by atoms with van der Waals surface area (Å²) in [6.45, 7) is 0.557. The van der Waals surface area contributed by atoms with Gasteiger partial charge in [0, 0.05) is 29.2 Å². The molecule has 4 N–H and O–H groups in total. The van der Waals surface area contributed by atoms with Gasteiger partial charge in [0.2, 0.25) is 0 Å². The molecule has 0 bridgehead atoms. The Hall–Kier alpha value is -1.36. The van der Waals surface area contributed by atoms with E-state index in [-0.39, 0.29) is 5.92 Å². The first-order valence-corrected chi connectivity index (χ1v) is 6.03. The van der Waals surface area contributed by atoms with Gasteiger partial charge in [0.15, 0.2) is 0 Å². The van der Waals surface area contributed by atoms with Crippen LogP contribution in [0.2, 0.25) is 0 Å². The van der Waals surface area contributed by atoms with Gasteiger partial charge in [0.25, 0.3) is 0 Å². The molecule has 1 unspecified atom stereocenters. The van der Waals surface area contributed by atoms with Crippen molar-refractivity contribution in [2.24, 2.45) is 11.6 Å². The minimum absolute atomic E-state index is 0.164.